The van der Waals surface area contributed by atoms with Crippen LogP contribution < -0.4 is 0 Å². The van der Waals surface area contributed by atoms with Gasteiger partial charge in [0.2, 0.25) is 0 Å². The maximum absolute atomic E-state index is 13.4. The summed E-state index contributed by atoms with van der Waals surface area (Å²) < 4.78 is 5.93. The molecule has 0 bridgehead atoms. The molecule has 3 nitrogen and oxygen atoms in total. The summed E-state index contributed by atoms with van der Waals surface area (Å²) in [4.78, 5) is 26.3. The molecule has 2 aliphatic rings. The van der Waals surface area contributed by atoms with Gasteiger partial charge in [-0.05, 0) is 68.6 Å². The largest absolute Gasteiger partial charge is 0.450 e. The van der Waals surface area contributed by atoms with Crippen LogP contribution in [0.25, 0.3) is 5.57 Å². The van der Waals surface area contributed by atoms with Crippen LogP contribution in [0.4, 0.5) is 0 Å². The van der Waals surface area contributed by atoms with Gasteiger partial charge in [0.25, 0.3) is 0 Å². The molecule has 1 heterocycles. The molecule has 0 atom stereocenters. The van der Waals surface area contributed by atoms with Crippen molar-refractivity contribution in [1.82, 2.24) is 0 Å². The fourth-order valence-corrected chi connectivity index (χ4v) is 4.67. The highest BCUT2D eigenvalue weighted by Gasteiger charge is 2.52. The fourth-order valence-electron chi connectivity index (χ4n) is 4.67. The van der Waals surface area contributed by atoms with Gasteiger partial charge in [0.1, 0.15) is 5.60 Å². The van der Waals surface area contributed by atoms with Crippen molar-refractivity contribution < 1.29 is 14.3 Å². The van der Waals surface area contributed by atoms with Crippen LogP contribution in [-0.2, 0) is 14.3 Å². The van der Waals surface area contributed by atoms with Crippen molar-refractivity contribution in [2.75, 3.05) is 0 Å². The average Bonchev–Trinajstić information content (AvgIpc) is 3.02. The highest BCUT2D eigenvalue weighted by molar-refractivity contribution is 6.28. The Morgan fingerprint density at radius 1 is 1.08 bits per heavy atom. The molecule has 1 aliphatic heterocycles. The van der Waals surface area contributed by atoms with Gasteiger partial charge in [-0.25, -0.2) is 4.79 Å². The van der Waals surface area contributed by atoms with Gasteiger partial charge >= 0.3 is 5.97 Å². The molecule has 0 radical (unpaired) electrons. The van der Waals surface area contributed by atoms with Crippen LogP contribution in [0.15, 0.2) is 17.7 Å². The number of hydrogen-bond donors (Lipinski definition) is 0. The van der Waals surface area contributed by atoms with Crippen LogP contribution in [0.3, 0.4) is 0 Å². The van der Waals surface area contributed by atoms with E-state index in [2.05, 4.69) is 39.8 Å². The molecule has 0 aromatic heterocycles. The average molecular weight is 354 g/mol. The summed E-state index contributed by atoms with van der Waals surface area (Å²) in [6.07, 6.45) is 3.94. The van der Waals surface area contributed by atoms with Crippen LogP contribution in [0.1, 0.15) is 75.1 Å². The molecule has 140 valence electrons. The minimum absolute atomic E-state index is 0.0691. The second-order valence-electron chi connectivity index (χ2n) is 9.28. The third-order valence-corrected chi connectivity index (χ3v) is 5.51. The molecule has 1 aromatic rings. The number of ether oxygens (including phenoxy) is 1. The first-order chi connectivity index (χ1) is 12.0. The second kappa shape index (κ2) is 6.37. The number of rotatable bonds is 3. The predicted molar refractivity (Wildman–Crippen MR) is 104 cm³/mol. The van der Waals surface area contributed by atoms with Gasteiger partial charge in [-0.2, -0.15) is 0 Å². The standard InChI is InChI=1S/C23H30O3/c1-14-11-15(2)18(16(3)12-14)19-20(17(24)13-22(4,5)6)23(26-21(19)25)9-7-8-10-23/h11-12H,7-10,13H2,1-6H3. The van der Waals surface area contributed by atoms with E-state index in [4.69, 9.17) is 4.74 Å². The molecule has 0 amide bonds. The lowest BCUT2D eigenvalue weighted by atomic mass is 9.78. The smallest absolute Gasteiger partial charge is 0.340 e. The van der Waals surface area contributed by atoms with E-state index in [0.717, 1.165) is 47.9 Å². The molecule has 1 fully saturated rings. The van der Waals surface area contributed by atoms with Crippen molar-refractivity contribution in [3.63, 3.8) is 0 Å². The lowest BCUT2D eigenvalue weighted by molar-refractivity contribution is -0.145. The lowest BCUT2D eigenvalue weighted by Crippen LogP contribution is -2.33. The topological polar surface area (TPSA) is 43.4 Å². The zero-order valence-electron chi connectivity index (χ0n) is 16.9. The third kappa shape index (κ3) is 3.24. The highest BCUT2D eigenvalue weighted by Crippen LogP contribution is 2.49. The molecule has 3 rings (SSSR count). The zero-order chi connectivity index (χ0) is 19.3. The number of carbonyl (C=O) groups excluding carboxylic acids is 2. The summed E-state index contributed by atoms with van der Waals surface area (Å²) in [5.74, 6) is -0.251. The molecule has 0 saturated heterocycles. The second-order valence-corrected chi connectivity index (χ2v) is 9.28. The number of benzene rings is 1. The van der Waals surface area contributed by atoms with E-state index >= 15 is 0 Å². The number of carbonyl (C=O) groups is 2. The summed E-state index contributed by atoms with van der Waals surface area (Å²) in [7, 11) is 0. The van der Waals surface area contributed by atoms with Gasteiger partial charge in [0.15, 0.2) is 5.78 Å². The minimum atomic E-state index is -0.696. The molecule has 0 unspecified atom stereocenters. The van der Waals surface area contributed by atoms with Crippen molar-refractivity contribution in [3.05, 3.63) is 40.0 Å². The normalized spacial score (nSPS) is 19.4. The fraction of sp³-hybridized carbons (Fsp3) is 0.565. The Balaban J connectivity index is 2.24. The first-order valence-corrected chi connectivity index (χ1v) is 9.64. The Kier molecular flexibility index (Phi) is 4.62. The van der Waals surface area contributed by atoms with E-state index in [-0.39, 0.29) is 17.2 Å². The van der Waals surface area contributed by atoms with Gasteiger partial charge < -0.3 is 4.74 Å². The van der Waals surface area contributed by atoms with Crippen molar-refractivity contribution in [2.24, 2.45) is 5.41 Å². The molecule has 3 heteroatoms. The minimum Gasteiger partial charge on any atom is -0.450 e. The van der Waals surface area contributed by atoms with Gasteiger partial charge in [-0.3, -0.25) is 4.79 Å². The Morgan fingerprint density at radius 3 is 2.12 bits per heavy atom. The Morgan fingerprint density at radius 2 is 1.62 bits per heavy atom. The molecular weight excluding hydrogens is 324 g/mol. The van der Waals surface area contributed by atoms with Gasteiger partial charge in [0.05, 0.1) is 11.1 Å². The van der Waals surface area contributed by atoms with E-state index in [0.29, 0.717) is 17.6 Å². The zero-order valence-corrected chi connectivity index (χ0v) is 16.9. The number of Topliss-reactive ketones (excluding diaryl/α,β-unsaturated/α-hetero) is 1. The molecule has 0 N–H and O–H groups in total. The van der Waals surface area contributed by atoms with Crippen LogP contribution in [0, 0.1) is 26.2 Å². The van der Waals surface area contributed by atoms with E-state index in [1.807, 2.05) is 13.8 Å². The van der Waals surface area contributed by atoms with Crippen molar-refractivity contribution in [1.29, 1.82) is 0 Å². The van der Waals surface area contributed by atoms with Crippen molar-refractivity contribution in [2.45, 2.75) is 79.2 Å². The number of aryl methyl sites for hydroxylation is 3. The molecule has 1 aromatic carbocycles. The quantitative estimate of drug-likeness (QED) is 0.697. The summed E-state index contributed by atoms with van der Waals surface area (Å²) in [5, 5.41) is 0. The molecule has 26 heavy (non-hydrogen) atoms. The lowest BCUT2D eigenvalue weighted by Gasteiger charge is -2.27. The van der Waals surface area contributed by atoms with Gasteiger partial charge in [0, 0.05) is 6.42 Å². The van der Waals surface area contributed by atoms with E-state index in [9.17, 15) is 9.59 Å². The van der Waals surface area contributed by atoms with E-state index in [1.165, 1.54) is 0 Å². The SMILES string of the molecule is Cc1cc(C)c(C2=C(C(=O)CC(C)(C)C)C3(CCCC3)OC2=O)c(C)c1. The number of hydrogen-bond acceptors (Lipinski definition) is 3. The predicted octanol–water partition coefficient (Wildman–Crippen LogP) is 5.24. The van der Waals surface area contributed by atoms with Crippen molar-refractivity contribution in [3.8, 4) is 0 Å². The summed E-state index contributed by atoms with van der Waals surface area (Å²) in [6, 6.07) is 4.15. The Bertz CT molecular complexity index is 776. The first-order valence-electron chi connectivity index (χ1n) is 9.64. The maximum Gasteiger partial charge on any atom is 0.340 e. The number of esters is 1. The van der Waals surface area contributed by atoms with E-state index in [1.54, 1.807) is 0 Å². The molecule has 1 spiro atoms. The van der Waals surface area contributed by atoms with Crippen LogP contribution >= 0.6 is 0 Å². The monoisotopic (exact) mass is 354 g/mol. The van der Waals surface area contributed by atoms with Gasteiger partial charge in [-0.15, -0.1) is 0 Å². The van der Waals surface area contributed by atoms with Gasteiger partial charge in [-0.1, -0.05) is 38.5 Å². The molecule has 1 saturated carbocycles. The summed E-state index contributed by atoms with van der Waals surface area (Å²) in [6.45, 7) is 12.3. The van der Waals surface area contributed by atoms with Crippen LogP contribution in [0.5, 0.6) is 0 Å². The van der Waals surface area contributed by atoms with Crippen molar-refractivity contribution >= 4 is 17.3 Å². The third-order valence-electron chi connectivity index (χ3n) is 5.51. The number of ketones is 1. The Labute approximate surface area is 156 Å². The molecular formula is C23H30O3. The highest BCUT2D eigenvalue weighted by atomic mass is 16.6. The molecule has 1 aliphatic carbocycles. The Hall–Kier alpha value is -1.90. The summed E-state index contributed by atoms with van der Waals surface area (Å²) in [5.41, 5.74) is 4.46. The van der Waals surface area contributed by atoms with E-state index < -0.39 is 5.60 Å². The maximum atomic E-state index is 13.4. The van der Waals surface area contributed by atoms with Crippen LogP contribution in [-0.4, -0.2) is 17.4 Å². The summed E-state index contributed by atoms with van der Waals surface area (Å²) >= 11 is 0. The van der Waals surface area contributed by atoms with Crippen LogP contribution in [0.2, 0.25) is 0 Å². The first kappa shape index (κ1) is 18.9.